The van der Waals surface area contributed by atoms with Crippen molar-refractivity contribution in [1.29, 1.82) is 0 Å². The summed E-state index contributed by atoms with van der Waals surface area (Å²) in [5, 5.41) is 4.27. The molecule has 5 aliphatic rings. The van der Waals surface area contributed by atoms with Crippen LogP contribution in [0.15, 0.2) is 14.7 Å². The fraction of sp³-hybridized carbons (Fsp3) is 0.682. The Morgan fingerprint density at radius 2 is 1.92 bits per heavy atom. The topological polar surface area (TPSA) is 142 Å². The summed E-state index contributed by atoms with van der Waals surface area (Å²) >= 11 is 0.940. The Kier molecular flexibility index (Phi) is 5.68. The maximum Gasteiger partial charge on any atom is 0.396 e. The number of hydrogen-bond acceptors (Lipinski definition) is 8. The highest BCUT2D eigenvalue weighted by atomic mass is 32.2. The van der Waals surface area contributed by atoms with Crippen LogP contribution in [0, 0.1) is 29.1 Å². The van der Waals surface area contributed by atoms with Gasteiger partial charge in [0.25, 0.3) is 10.0 Å². The summed E-state index contributed by atoms with van der Waals surface area (Å²) in [5.74, 6) is -4.19. The number of nitrogens with one attached hydrogen (secondary N) is 2. The van der Waals surface area contributed by atoms with E-state index in [9.17, 15) is 39.6 Å². The number of carbonyl (C=O) groups excluding carboxylic acids is 2. The van der Waals surface area contributed by atoms with Gasteiger partial charge in [0, 0.05) is 30.6 Å². The number of rotatable bonds is 6. The van der Waals surface area contributed by atoms with Crippen molar-refractivity contribution in [2.75, 3.05) is 18.1 Å². The number of halogens is 3. The molecule has 1 amide bonds. The molecule has 3 heterocycles. The van der Waals surface area contributed by atoms with Crippen LogP contribution >= 0.6 is 11.3 Å². The Morgan fingerprint density at radius 3 is 2.55 bits per heavy atom. The number of piperidine rings is 1. The first-order chi connectivity index (χ1) is 17.6. The summed E-state index contributed by atoms with van der Waals surface area (Å²) in [6.07, 6.45) is -1.64. The predicted molar refractivity (Wildman–Crippen MR) is 130 cm³/mol. The Labute approximate surface area is 221 Å². The number of anilines is 1. The molecule has 3 unspecified atom stereocenters. The van der Waals surface area contributed by atoms with Gasteiger partial charge in [-0.15, -0.1) is 15.7 Å². The van der Waals surface area contributed by atoms with E-state index in [1.54, 1.807) is 0 Å². The van der Waals surface area contributed by atoms with Crippen molar-refractivity contribution >= 4 is 53.9 Å². The number of alkyl halides is 3. The number of likely N-dealkylation sites (tertiary alicyclic amines) is 1. The van der Waals surface area contributed by atoms with Crippen LogP contribution in [0.2, 0.25) is 0 Å². The molecule has 3 aliphatic carbocycles. The fourth-order valence-electron chi connectivity index (χ4n) is 6.70. The Morgan fingerprint density at radius 1 is 1.24 bits per heavy atom. The number of fused-ring (bicyclic) bond motifs is 6. The van der Waals surface area contributed by atoms with Crippen molar-refractivity contribution in [2.45, 2.75) is 55.8 Å². The maximum atomic E-state index is 13.9. The summed E-state index contributed by atoms with van der Waals surface area (Å²) in [7, 11) is -8.06. The summed E-state index contributed by atoms with van der Waals surface area (Å²) in [6.45, 7) is -0.854. The lowest BCUT2D eigenvalue weighted by atomic mass is 9.72. The third-order valence-electron chi connectivity index (χ3n) is 8.64. The second kappa shape index (κ2) is 8.24. The Bertz CT molecular complexity index is 1480. The van der Waals surface area contributed by atoms with E-state index in [4.69, 9.17) is 0 Å². The summed E-state index contributed by atoms with van der Waals surface area (Å²) in [6, 6.07) is -0.614. The van der Waals surface area contributed by atoms with E-state index >= 15 is 0 Å². The van der Waals surface area contributed by atoms with Crippen molar-refractivity contribution in [3.05, 3.63) is 10.9 Å². The Balaban J connectivity index is 1.36. The smallest absolute Gasteiger partial charge is 0.337 e. The number of Topliss-reactive ketones (excluding diaryl/α,β-unsaturated/α-hetero) is 1. The summed E-state index contributed by atoms with van der Waals surface area (Å²) in [5.41, 5.74) is -1.86. The third-order valence-corrected chi connectivity index (χ3v) is 11.8. The van der Waals surface area contributed by atoms with Gasteiger partial charge in [-0.1, -0.05) is 0 Å². The molecule has 4 fully saturated rings. The number of thiophene rings is 1. The van der Waals surface area contributed by atoms with Crippen LogP contribution in [0.5, 0.6) is 0 Å². The molecule has 3 saturated carbocycles. The molecular weight excluding hydrogens is 569 g/mol. The van der Waals surface area contributed by atoms with E-state index in [1.165, 1.54) is 10.3 Å². The molecule has 0 spiro atoms. The average molecular weight is 595 g/mol. The number of carbonyl (C=O) groups is 2. The van der Waals surface area contributed by atoms with Gasteiger partial charge < -0.3 is 10.2 Å². The van der Waals surface area contributed by atoms with Gasteiger partial charge in [0.2, 0.25) is 15.9 Å². The summed E-state index contributed by atoms with van der Waals surface area (Å²) < 4.78 is 96.9. The van der Waals surface area contributed by atoms with Crippen LogP contribution in [0.25, 0.3) is 0 Å². The van der Waals surface area contributed by atoms with Crippen molar-refractivity contribution in [1.82, 2.24) is 9.62 Å². The number of nitrogens with zero attached hydrogens (tertiary/aromatic N) is 2. The van der Waals surface area contributed by atoms with Gasteiger partial charge in [0.15, 0.2) is 11.7 Å². The predicted octanol–water partition coefficient (Wildman–Crippen LogP) is 2.09. The zero-order chi connectivity index (χ0) is 27.4. The van der Waals surface area contributed by atoms with Crippen LogP contribution < -0.4 is 10.0 Å². The second-order valence-corrected chi connectivity index (χ2v) is 15.3. The standard InChI is InChI=1S/C22H25F3N4O6S3/c1-37(32,33)26-7-12-8-36-19-17(12)38(34,35)28-18(27-19)14-16(30)13-10-2-3-11(6-10)15(13)29(20(14)31)9-21(4-5-21)22(23,24)25/h8,10-11,13-15,26H,2-7,9H2,1H3,(H,27,28)/t10-,11+,13?,14?,15?/m0/s1. The van der Waals surface area contributed by atoms with Crippen LogP contribution in [0.1, 0.15) is 37.7 Å². The quantitative estimate of drug-likeness (QED) is 0.481. The SMILES string of the molecule is CS(=O)(=O)NCc1csc2c1S(=O)(=O)N=C(C1C(=O)C3C([C@@H]4CC[C@H]3C4)N(CC3(C(F)(F)F)CC3)C1=O)N2. The van der Waals surface area contributed by atoms with Crippen molar-refractivity contribution in [3.63, 3.8) is 0 Å². The molecule has 2 bridgehead atoms. The molecule has 2 N–H and O–H groups in total. The minimum Gasteiger partial charge on any atom is -0.337 e. The molecule has 0 aromatic carbocycles. The number of sulfonamides is 2. The minimum absolute atomic E-state index is 0.0540. The first-order valence-corrected chi connectivity index (χ1v) is 16.4. The highest BCUT2D eigenvalue weighted by Crippen LogP contribution is 2.60. The lowest BCUT2D eigenvalue weighted by Crippen LogP contribution is -2.63. The van der Waals surface area contributed by atoms with Crippen molar-refractivity contribution in [2.24, 2.45) is 33.5 Å². The molecule has 1 aromatic rings. The Hall–Kier alpha value is -2.04. The highest BCUT2D eigenvalue weighted by molar-refractivity contribution is 7.91. The van der Waals surface area contributed by atoms with Crippen LogP contribution in [-0.4, -0.2) is 64.3 Å². The molecule has 208 valence electrons. The zero-order valence-corrected chi connectivity index (χ0v) is 22.6. The molecule has 0 radical (unpaired) electrons. The summed E-state index contributed by atoms with van der Waals surface area (Å²) in [4.78, 5) is 28.4. The van der Waals surface area contributed by atoms with Gasteiger partial charge in [0.05, 0.1) is 11.7 Å². The molecule has 1 aromatic heterocycles. The first kappa shape index (κ1) is 26.2. The van der Waals surface area contributed by atoms with E-state index in [1.807, 2.05) is 0 Å². The molecule has 16 heteroatoms. The number of amides is 1. The average Bonchev–Trinajstić information content (AvgIpc) is 3.13. The number of hydrogen-bond donors (Lipinski definition) is 2. The minimum atomic E-state index is -4.50. The fourth-order valence-corrected chi connectivity index (χ4v) is 9.77. The van der Waals surface area contributed by atoms with Crippen LogP contribution in [0.3, 0.4) is 0 Å². The van der Waals surface area contributed by atoms with E-state index in [-0.39, 0.29) is 46.7 Å². The molecule has 1 saturated heterocycles. The van der Waals surface area contributed by atoms with E-state index in [0.717, 1.165) is 30.4 Å². The number of ketones is 1. The van der Waals surface area contributed by atoms with E-state index < -0.39 is 73.6 Å². The molecule has 10 nitrogen and oxygen atoms in total. The molecular formula is C22H25F3N4O6S3. The van der Waals surface area contributed by atoms with Crippen molar-refractivity contribution < 1.29 is 39.6 Å². The lowest BCUT2D eigenvalue weighted by molar-refractivity contribution is -0.197. The van der Waals surface area contributed by atoms with Gasteiger partial charge in [-0.05, 0) is 49.3 Å². The van der Waals surface area contributed by atoms with E-state index in [0.29, 0.717) is 6.42 Å². The normalized spacial score (nSPS) is 33.0. The van der Waals surface area contributed by atoms with Crippen LogP contribution in [-0.2, 0) is 36.2 Å². The maximum absolute atomic E-state index is 13.9. The lowest BCUT2D eigenvalue weighted by Gasteiger charge is -2.47. The van der Waals surface area contributed by atoms with Gasteiger partial charge >= 0.3 is 6.18 Å². The molecule has 38 heavy (non-hydrogen) atoms. The largest absolute Gasteiger partial charge is 0.396 e. The number of amidine groups is 1. The first-order valence-electron chi connectivity index (χ1n) is 12.2. The molecule has 5 atom stereocenters. The van der Waals surface area contributed by atoms with Crippen LogP contribution in [0.4, 0.5) is 18.2 Å². The zero-order valence-electron chi connectivity index (χ0n) is 20.1. The van der Waals surface area contributed by atoms with Gasteiger partial charge in [-0.25, -0.2) is 13.1 Å². The van der Waals surface area contributed by atoms with Gasteiger partial charge in [-0.2, -0.15) is 21.6 Å². The molecule has 6 rings (SSSR count). The van der Waals surface area contributed by atoms with Gasteiger partial charge in [0.1, 0.15) is 15.7 Å². The second-order valence-electron chi connectivity index (χ2n) is 11.0. The third kappa shape index (κ3) is 4.01. The monoisotopic (exact) mass is 594 g/mol. The van der Waals surface area contributed by atoms with E-state index in [2.05, 4.69) is 14.4 Å². The molecule has 2 aliphatic heterocycles. The highest BCUT2D eigenvalue weighted by Gasteiger charge is 2.68. The van der Waals surface area contributed by atoms with Gasteiger partial charge in [-0.3, -0.25) is 9.59 Å². The van der Waals surface area contributed by atoms with Crippen molar-refractivity contribution in [3.8, 4) is 0 Å².